The molecule has 118 valence electrons. The van der Waals surface area contributed by atoms with E-state index in [1.54, 1.807) is 0 Å². The molecular formula is C18H19BrN4. The van der Waals surface area contributed by atoms with Crippen molar-refractivity contribution in [2.75, 3.05) is 6.54 Å². The maximum atomic E-state index is 4.75. The van der Waals surface area contributed by atoms with Crippen LogP contribution in [0, 0.1) is 13.8 Å². The Balaban J connectivity index is 1.64. The lowest BCUT2D eigenvalue weighted by Gasteiger charge is -2.28. The van der Waals surface area contributed by atoms with Crippen LogP contribution in [0.1, 0.15) is 28.2 Å². The Labute approximate surface area is 144 Å². The van der Waals surface area contributed by atoms with Crippen LogP contribution < -0.4 is 0 Å². The zero-order valence-corrected chi connectivity index (χ0v) is 15.0. The summed E-state index contributed by atoms with van der Waals surface area (Å²) in [5.74, 6) is 0.779. The van der Waals surface area contributed by atoms with E-state index in [0.29, 0.717) is 0 Å². The standard InChI is InChI=1S/C18H19BrN4/c1-12-9-13(2)23-17(19)16(21-18(23)20-12)11-22-8-7-14-5-3-4-6-15(14)10-22/h3-6,9H,7-8,10-11H2,1-2H3. The number of aryl methyl sites for hydroxylation is 2. The highest BCUT2D eigenvalue weighted by Gasteiger charge is 2.20. The van der Waals surface area contributed by atoms with Crippen molar-refractivity contribution >= 4 is 21.7 Å². The molecule has 4 nitrogen and oxygen atoms in total. The first kappa shape index (κ1) is 14.8. The fourth-order valence-corrected chi connectivity index (χ4v) is 4.03. The second-order valence-electron chi connectivity index (χ2n) is 6.25. The average Bonchev–Trinajstić information content (AvgIpc) is 2.83. The molecule has 0 fully saturated rings. The van der Waals surface area contributed by atoms with E-state index in [9.17, 15) is 0 Å². The van der Waals surface area contributed by atoms with Gasteiger partial charge in [0.1, 0.15) is 4.60 Å². The van der Waals surface area contributed by atoms with Gasteiger partial charge in [0.25, 0.3) is 0 Å². The van der Waals surface area contributed by atoms with Gasteiger partial charge in [-0.2, -0.15) is 0 Å². The van der Waals surface area contributed by atoms with Gasteiger partial charge in [0.2, 0.25) is 5.78 Å². The van der Waals surface area contributed by atoms with Crippen LogP contribution in [-0.2, 0) is 19.5 Å². The Morgan fingerprint density at radius 2 is 1.91 bits per heavy atom. The third kappa shape index (κ3) is 2.68. The molecule has 4 rings (SSSR count). The fourth-order valence-electron chi connectivity index (χ4n) is 3.38. The monoisotopic (exact) mass is 370 g/mol. The first-order valence-electron chi connectivity index (χ1n) is 7.92. The molecule has 1 aliphatic heterocycles. The number of benzene rings is 1. The highest BCUT2D eigenvalue weighted by Crippen LogP contribution is 2.25. The maximum absolute atomic E-state index is 4.75. The normalized spacial score (nSPS) is 15.1. The Morgan fingerprint density at radius 1 is 1.13 bits per heavy atom. The van der Waals surface area contributed by atoms with Crippen molar-refractivity contribution in [3.63, 3.8) is 0 Å². The van der Waals surface area contributed by atoms with Crippen LogP contribution in [-0.4, -0.2) is 25.8 Å². The Hall–Kier alpha value is -1.72. The quantitative estimate of drug-likeness (QED) is 0.689. The fraction of sp³-hybridized carbons (Fsp3) is 0.333. The van der Waals surface area contributed by atoms with Crippen LogP contribution in [0.25, 0.3) is 5.78 Å². The second-order valence-corrected chi connectivity index (χ2v) is 7.00. The first-order chi connectivity index (χ1) is 11.1. The summed E-state index contributed by atoms with van der Waals surface area (Å²) in [6.45, 7) is 7.01. The van der Waals surface area contributed by atoms with E-state index in [4.69, 9.17) is 4.98 Å². The van der Waals surface area contributed by atoms with Crippen LogP contribution in [0.3, 0.4) is 0 Å². The number of hydrogen-bond donors (Lipinski definition) is 0. The number of halogens is 1. The molecule has 3 heterocycles. The summed E-state index contributed by atoms with van der Waals surface area (Å²) in [4.78, 5) is 11.8. The lowest BCUT2D eigenvalue weighted by Crippen LogP contribution is -2.30. The maximum Gasteiger partial charge on any atom is 0.235 e. The molecule has 0 aliphatic carbocycles. The molecule has 0 saturated heterocycles. The van der Waals surface area contributed by atoms with Crippen molar-refractivity contribution in [2.45, 2.75) is 33.4 Å². The van der Waals surface area contributed by atoms with E-state index in [1.807, 2.05) is 6.92 Å². The zero-order chi connectivity index (χ0) is 16.0. The van der Waals surface area contributed by atoms with Gasteiger partial charge in [-0.1, -0.05) is 24.3 Å². The Bertz CT molecular complexity index is 884. The lowest BCUT2D eigenvalue weighted by atomic mass is 10.00. The minimum absolute atomic E-state index is 0.779. The van der Waals surface area contributed by atoms with Crippen molar-refractivity contribution < 1.29 is 0 Å². The van der Waals surface area contributed by atoms with Gasteiger partial charge < -0.3 is 0 Å². The summed E-state index contributed by atoms with van der Waals surface area (Å²) in [5.41, 5.74) is 6.13. The average molecular weight is 371 g/mol. The van der Waals surface area contributed by atoms with Gasteiger partial charge in [-0.25, -0.2) is 9.97 Å². The summed E-state index contributed by atoms with van der Waals surface area (Å²) in [6.07, 6.45) is 1.11. The molecule has 0 atom stereocenters. The molecule has 0 spiro atoms. The number of nitrogens with zero attached hydrogens (tertiary/aromatic N) is 4. The van der Waals surface area contributed by atoms with Crippen molar-refractivity contribution in [3.8, 4) is 0 Å². The number of hydrogen-bond acceptors (Lipinski definition) is 3. The Morgan fingerprint density at radius 3 is 2.74 bits per heavy atom. The summed E-state index contributed by atoms with van der Waals surface area (Å²) >= 11 is 3.72. The van der Waals surface area contributed by atoms with Gasteiger partial charge in [-0.15, -0.1) is 0 Å². The zero-order valence-electron chi connectivity index (χ0n) is 13.4. The molecule has 5 heteroatoms. The predicted octanol–water partition coefficient (Wildman–Crippen LogP) is 3.67. The molecule has 0 radical (unpaired) electrons. The van der Waals surface area contributed by atoms with E-state index in [1.165, 1.54) is 11.1 Å². The molecule has 2 aromatic heterocycles. The number of aromatic nitrogens is 3. The molecule has 3 aromatic rings. The molecule has 0 saturated carbocycles. The largest absolute Gasteiger partial charge is 0.293 e. The van der Waals surface area contributed by atoms with Crippen molar-refractivity contribution in [2.24, 2.45) is 0 Å². The highest BCUT2D eigenvalue weighted by atomic mass is 79.9. The Kier molecular flexibility index (Phi) is 3.70. The molecule has 1 aromatic carbocycles. The van der Waals surface area contributed by atoms with Gasteiger partial charge in [0.05, 0.1) is 5.69 Å². The van der Waals surface area contributed by atoms with Gasteiger partial charge in [-0.05, 0) is 53.4 Å². The third-order valence-corrected chi connectivity index (χ3v) is 5.31. The third-order valence-electron chi connectivity index (χ3n) is 4.50. The van der Waals surface area contributed by atoms with Crippen LogP contribution >= 0.6 is 15.9 Å². The van der Waals surface area contributed by atoms with Gasteiger partial charge in [-0.3, -0.25) is 9.30 Å². The van der Waals surface area contributed by atoms with Crippen LogP contribution in [0.15, 0.2) is 34.9 Å². The minimum atomic E-state index is 0.779. The number of rotatable bonds is 2. The summed E-state index contributed by atoms with van der Waals surface area (Å²) < 4.78 is 3.11. The number of fused-ring (bicyclic) bond motifs is 2. The minimum Gasteiger partial charge on any atom is -0.293 e. The van der Waals surface area contributed by atoms with E-state index < -0.39 is 0 Å². The van der Waals surface area contributed by atoms with Crippen molar-refractivity contribution in [3.05, 3.63) is 63.1 Å². The SMILES string of the molecule is Cc1cc(C)n2c(Br)c(CN3CCc4ccccc4C3)nc2n1. The molecular weight excluding hydrogens is 352 g/mol. The topological polar surface area (TPSA) is 33.4 Å². The van der Waals surface area contributed by atoms with Gasteiger partial charge in [0, 0.05) is 31.0 Å². The van der Waals surface area contributed by atoms with Gasteiger partial charge in [0.15, 0.2) is 0 Å². The van der Waals surface area contributed by atoms with Crippen LogP contribution in [0.5, 0.6) is 0 Å². The molecule has 23 heavy (non-hydrogen) atoms. The van der Waals surface area contributed by atoms with Crippen molar-refractivity contribution in [1.82, 2.24) is 19.3 Å². The van der Waals surface area contributed by atoms with Crippen LogP contribution in [0.4, 0.5) is 0 Å². The summed E-state index contributed by atoms with van der Waals surface area (Å²) in [7, 11) is 0. The molecule has 0 unspecified atom stereocenters. The first-order valence-corrected chi connectivity index (χ1v) is 8.71. The molecule has 1 aliphatic rings. The molecule has 0 bridgehead atoms. The molecule has 0 N–H and O–H groups in total. The molecule has 0 amide bonds. The predicted molar refractivity (Wildman–Crippen MR) is 94.4 cm³/mol. The smallest absolute Gasteiger partial charge is 0.235 e. The van der Waals surface area contributed by atoms with E-state index in [0.717, 1.165) is 53.5 Å². The van der Waals surface area contributed by atoms with E-state index in [2.05, 4.69) is 67.5 Å². The van der Waals surface area contributed by atoms with E-state index in [-0.39, 0.29) is 0 Å². The van der Waals surface area contributed by atoms with Gasteiger partial charge >= 0.3 is 0 Å². The van der Waals surface area contributed by atoms with E-state index >= 15 is 0 Å². The van der Waals surface area contributed by atoms with Crippen molar-refractivity contribution in [1.29, 1.82) is 0 Å². The second kappa shape index (κ2) is 5.73. The lowest BCUT2D eigenvalue weighted by molar-refractivity contribution is 0.242. The highest BCUT2D eigenvalue weighted by molar-refractivity contribution is 9.10. The number of imidazole rings is 1. The summed E-state index contributed by atoms with van der Waals surface area (Å²) in [6, 6.07) is 10.8. The van der Waals surface area contributed by atoms with Crippen LogP contribution in [0.2, 0.25) is 0 Å². The summed E-state index contributed by atoms with van der Waals surface area (Å²) in [5, 5.41) is 0.